The zero-order chi connectivity index (χ0) is 15.5. The maximum absolute atomic E-state index is 12.5. The van der Waals surface area contributed by atoms with E-state index in [4.69, 9.17) is 0 Å². The van der Waals surface area contributed by atoms with Crippen LogP contribution in [0.15, 0.2) is 33.9 Å². The van der Waals surface area contributed by atoms with Crippen LogP contribution < -0.4 is 10.0 Å². The van der Waals surface area contributed by atoms with E-state index in [1.165, 1.54) is 0 Å². The topological polar surface area (TPSA) is 58.2 Å². The van der Waals surface area contributed by atoms with Crippen molar-refractivity contribution in [3.63, 3.8) is 0 Å². The van der Waals surface area contributed by atoms with Crippen LogP contribution in [-0.4, -0.2) is 15.5 Å². The first-order valence-corrected chi connectivity index (χ1v) is 9.12. The molecule has 0 bridgehead atoms. The molecule has 0 unspecified atom stereocenters. The molecule has 0 radical (unpaired) electrons. The number of thiophene rings is 1. The number of nitrogens with one attached hydrogen (secondary N) is 2. The highest BCUT2D eigenvalue weighted by atomic mass is 32.2. The molecule has 6 heteroatoms. The lowest BCUT2D eigenvalue weighted by atomic mass is 10.1. The summed E-state index contributed by atoms with van der Waals surface area (Å²) < 4.78 is 27.7. The van der Waals surface area contributed by atoms with Gasteiger partial charge in [-0.3, -0.25) is 0 Å². The molecule has 0 atom stereocenters. The van der Waals surface area contributed by atoms with Gasteiger partial charge in [0.15, 0.2) is 0 Å². The number of aryl methyl sites for hydroxylation is 2. The van der Waals surface area contributed by atoms with Crippen LogP contribution in [0.3, 0.4) is 0 Å². The molecule has 114 valence electrons. The average Bonchev–Trinajstić information content (AvgIpc) is 2.84. The fraction of sp³-hybridized carbons (Fsp3) is 0.333. The van der Waals surface area contributed by atoms with Gasteiger partial charge >= 0.3 is 0 Å². The Hall–Kier alpha value is -1.21. The molecule has 2 rings (SSSR count). The predicted octanol–water partition coefficient (Wildman–Crippen LogP) is 2.56. The molecular formula is C15H20N2O2S2. The molecule has 0 aliphatic carbocycles. The first-order valence-electron chi connectivity index (χ1n) is 6.69. The van der Waals surface area contributed by atoms with Gasteiger partial charge in [-0.25, -0.2) is 13.1 Å². The fourth-order valence-electron chi connectivity index (χ4n) is 2.07. The first-order chi connectivity index (χ1) is 9.94. The lowest BCUT2D eigenvalue weighted by Crippen LogP contribution is -2.24. The Morgan fingerprint density at radius 3 is 2.48 bits per heavy atom. The quantitative estimate of drug-likeness (QED) is 0.858. The molecule has 0 saturated carbocycles. The Kier molecular flexibility index (Phi) is 5.16. The van der Waals surface area contributed by atoms with Crippen molar-refractivity contribution in [1.29, 1.82) is 0 Å². The van der Waals surface area contributed by atoms with E-state index >= 15 is 0 Å². The molecule has 21 heavy (non-hydrogen) atoms. The molecule has 0 aliphatic heterocycles. The smallest absolute Gasteiger partial charge is 0.241 e. The molecule has 0 saturated heterocycles. The summed E-state index contributed by atoms with van der Waals surface area (Å²) in [6.45, 7) is 4.77. The Labute approximate surface area is 130 Å². The molecule has 2 aromatic rings. The van der Waals surface area contributed by atoms with Crippen LogP contribution >= 0.6 is 11.3 Å². The summed E-state index contributed by atoms with van der Waals surface area (Å²) in [7, 11) is -1.66. The van der Waals surface area contributed by atoms with Gasteiger partial charge in [0.25, 0.3) is 0 Å². The third-order valence-corrected chi connectivity index (χ3v) is 5.79. The van der Waals surface area contributed by atoms with Crippen molar-refractivity contribution in [2.45, 2.75) is 31.8 Å². The highest BCUT2D eigenvalue weighted by Crippen LogP contribution is 2.19. The van der Waals surface area contributed by atoms with Crippen LogP contribution in [0.2, 0.25) is 0 Å². The van der Waals surface area contributed by atoms with Gasteiger partial charge in [0, 0.05) is 13.1 Å². The van der Waals surface area contributed by atoms with E-state index in [1.54, 1.807) is 17.4 Å². The summed E-state index contributed by atoms with van der Waals surface area (Å²) in [4.78, 5) is 0.350. The molecule has 1 aromatic heterocycles. The average molecular weight is 324 g/mol. The Bertz CT molecular complexity index is 721. The van der Waals surface area contributed by atoms with Crippen molar-refractivity contribution in [2.75, 3.05) is 7.05 Å². The minimum Gasteiger partial charge on any atom is -0.316 e. The van der Waals surface area contributed by atoms with Crippen molar-refractivity contribution in [3.05, 3.63) is 51.2 Å². The van der Waals surface area contributed by atoms with E-state index in [0.29, 0.717) is 18.0 Å². The third-order valence-electron chi connectivity index (χ3n) is 3.34. The minimum absolute atomic E-state index is 0.327. The molecule has 4 nitrogen and oxygen atoms in total. The standard InChI is InChI=1S/C15H20N2O2S2/c1-11-4-5-13(7-16-3)6-15(11)21(18,19)17-8-14-10-20-9-12(14)2/h4-6,9-10,16-17H,7-8H2,1-3H3. The summed E-state index contributed by atoms with van der Waals surface area (Å²) in [5.41, 5.74) is 3.84. The fourth-order valence-corrected chi connectivity index (χ4v) is 4.22. The lowest BCUT2D eigenvalue weighted by Gasteiger charge is -2.11. The Balaban J connectivity index is 2.22. The van der Waals surface area contributed by atoms with Gasteiger partial charge in [0.2, 0.25) is 10.0 Å². The molecule has 0 fully saturated rings. The number of sulfonamides is 1. The Morgan fingerprint density at radius 2 is 1.86 bits per heavy atom. The summed E-state index contributed by atoms with van der Waals surface area (Å²) in [6.07, 6.45) is 0. The minimum atomic E-state index is -3.50. The van der Waals surface area contributed by atoms with E-state index in [1.807, 2.05) is 43.8 Å². The summed E-state index contributed by atoms with van der Waals surface area (Å²) in [5, 5.41) is 7.02. The number of rotatable bonds is 6. The van der Waals surface area contributed by atoms with Crippen molar-refractivity contribution < 1.29 is 8.42 Å². The van der Waals surface area contributed by atoms with Crippen LogP contribution in [0.5, 0.6) is 0 Å². The van der Waals surface area contributed by atoms with Crippen molar-refractivity contribution in [1.82, 2.24) is 10.0 Å². The van der Waals surface area contributed by atoms with Crippen molar-refractivity contribution in [3.8, 4) is 0 Å². The second kappa shape index (κ2) is 6.70. The highest BCUT2D eigenvalue weighted by Gasteiger charge is 2.17. The second-order valence-corrected chi connectivity index (χ2v) is 7.51. The molecule has 0 aliphatic rings. The zero-order valence-corrected chi connectivity index (χ0v) is 14.1. The summed E-state index contributed by atoms with van der Waals surface area (Å²) in [6, 6.07) is 5.51. The van der Waals surface area contributed by atoms with Gasteiger partial charge in [-0.1, -0.05) is 12.1 Å². The molecule has 0 spiro atoms. The van der Waals surface area contributed by atoms with E-state index in [0.717, 1.165) is 22.3 Å². The number of hydrogen-bond donors (Lipinski definition) is 2. The number of benzene rings is 1. The van der Waals surface area contributed by atoms with Crippen LogP contribution in [0.25, 0.3) is 0 Å². The van der Waals surface area contributed by atoms with Gasteiger partial charge in [0.1, 0.15) is 0 Å². The molecule has 0 amide bonds. The van der Waals surface area contributed by atoms with Crippen LogP contribution in [0.4, 0.5) is 0 Å². The van der Waals surface area contributed by atoms with E-state index in [-0.39, 0.29) is 0 Å². The van der Waals surface area contributed by atoms with Gasteiger partial charge < -0.3 is 5.32 Å². The van der Waals surface area contributed by atoms with Gasteiger partial charge in [-0.05, 0) is 60.0 Å². The summed E-state index contributed by atoms with van der Waals surface area (Å²) in [5.74, 6) is 0. The monoisotopic (exact) mass is 324 g/mol. The van der Waals surface area contributed by atoms with Crippen LogP contribution in [0.1, 0.15) is 22.3 Å². The normalized spacial score (nSPS) is 11.8. The first kappa shape index (κ1) is 16.2. The van der Waals surface area contributed by atoms with E-state index in [9.17, 15) is 8.42 Å². The second-order valence-electron chi connectivity index (χ2n) is 5.03. The SMILES string of the molecule is CNCc1ccc(C)c(S(=O)(=O)NCc2cscc2C)c1. The Morgan fingerprint density at radius 1 is 1.10 bits per heavy atom. The largest absolute Gasteiger partial charge is 0.316 e. The molecule has 1 aromatic carbocycles. The van der Waals surface area contributed by atoms with Crippen molar-refractivity contribution in [2.24, 2.45) is 0 Å². The molecule has 2 N–H and O–H groups in total. The number of hydrogen-bond acceptors (Lipinski definition) is 4. The lowest BCUT2D eigenvalue weighted by molar-refractivity contribution is 0.580. The van der Waals surface area contributed by atoms with Crippen LogP contribution in [0, 0.1) is 13.8 Å². The predicted molar refractivity (Wildman–Crippen MR) is 87.0 cm³/mol. The van der Waals surface area contributed by atoms with E-state index in [2.05, 4.69) is 10.0 Å². The van der Waals surface area contributed by atoms with Gasteiger partial charge in [-0.15, -0.1) is 0 Å². The van der Waals surface area contributed by atoms with Crippen molar-refractivity contribution >= 4 is 21.4 Å². The van der Waals surface area contributed by atoms with E-state index < -0.39 is 10.0 Å². The zero-order valence-electron chi connectivity index (χ0n) is 12.4. The molecular weight excluding hydrogens is 304 g/mol. The maximum atomic E-state index is 12.5. The highest BCUT2D eigenvalue weighted by molar-refractivity contribution is 7.89. The van der Waals surface area contributed by atoms with Gasteiger partial charge in [0.05, 0.1) is 4.90 Å². The van der Waals surface area contributed by atoms with Gasteiger partial charge in [-0.2, -0.15) is 11.3 Å². The summed E-state index contributed by atoms with van der Waals surface area (Å²) >= 11 is 1.58. The third kappa shape index (κ3) is 3.91. The molecule has 1 heterocycles. The van der Waals surface area contributed by atoms with Crippen LogP contribution in [-0.2, 0) is 23.1 Å². The maximum Gasteiger partial charge on any atom is 0.241 e.